The number of hydrogen-bond acceptors (Lipinski definition) is 5. The summed E-state index contributed by atoms with van der Waals surface area (Å²) in [5.74, 6) is 0. The molecule has 5 nitrogen and oxygen atoms in total. The lowest BCUT2D eigenvalue weighted by Crippen LogP contribution is -2.52. The minimum Gasteiger partial charge on any atom is -0.394 e. The van der Waals surface area contributed by atoms with E-state index in [0.29, 0.717) is 6.54 Å². The first-order valence-electron chi connectivity index (χ1n) is 7.31. The molecule has 1 aliphatic carbocycles. The van der Waals surface area contributed by atoms with Crippen molar-refractivity contribution in [3.8, 4) is 0 Å². The summed E-state index contributed by atoms with van der Waals surface area (Å²) >= 11 is 0. The summed E-state index contributed by atoms with van der Waals surface area (Å²) < 4.78 is 0. The number of hydrogen-bond donors (Lipinski definition) is 4. The molecule has 0 bridgehead atoms. The zero-order valence-electron chi connectivity index (χ0n) is 12.4. The van der Waals surface area contributed by atoms with E-state index in [2.05, 4.69) is 0 Å². The van der Waals surface area contributed by atoms with Crippen molar-refractivity contribution >= 4 is 0 Å². The molecule has 0 aromatic heterocycles. The third-order valence-electron chi connectivity index (χ3n) is 5.59. The van der Waals surface area contributed by atoms with Gasteiger partial charge in [0.1, 0.15) is 11.2 Å². The van der Waals surface area contributed by atoms with Gasteiger partial charge in [-0.2, -0.15) is 0 Å². The Balaban J connectivity index is 1.89. The third kappa shape index (κ3) is 1.69. The highest BCUT2D eigenvalue weighted by Gasteiger charge is 2.89. The molecule has 2 aliphatic rings. The Morgan fingerprint density at radius 2 is 1.86 bits per heavy atom. The normalized spacial score (nSPS) is 39.0. The van der Waals surface area contributed by atoms with Crippen molar-refractivity contribution in [1.82, 2.24) is 4.90 Å². The quantitative estimate of drug-likeness (QED) is 0.614. The lowest BCUT2D eigenvalue weighted by atomic mass is 9.94. The van der Waals surface area contributed by atoms with Gasteiger partial charge in [0.05, 0.1) is 18.8 Å². The molecule has 2 fully saturated rings. The van der Waals surface area contributed by atoms with Crippen LogP contribution in [0.4, 0.5) is 0 Å². The van der Waals surface area contributed by atoms with Gasteiger partial charge < -0.3 is 20.4 Å². The molecule has 0 unspecified atom stereocenters. The highest BCUT2D eigenvalue weighted by Crippen LogP contribution is 2.71. The van der Waals surface area contributed by atoms with E-state index >= 15 is 0 Å². The van der Waals surface area contributed by atoms with E-state index in [1.54, 1.807) is 13.8 Å². The molecule has 21 heavy (non-hydrogen) atoms. The fraction of sp³-hybridized carbons (Fsp3) is 0.625. The molecule has 5 heteroatoms. The van der Waals surface area contributed by atoms with Crippen molar-refractivity contribution < 1.29 is 20.4 Å². The van der Waals surface area contributed by atoms with Crippen LogP contribution in [0.15, 0.2) is 30.3 Å². The van der Waals surface area contributed by atoms with Crippen LogP contribution in [0.5, 0.6) is 0 Å². The maximum absolute atomic E-state index is 10.9. The molecule has 1 aromatic carbocycles. The SMILES string of the molecule is CC1(C)[C@]2(O)[C@@H]([C@H](O)CO)N(Cc3ccccc3)C[C@]12O. The monoisotopic (exact) mass is 293 g/mol. The molecule has 0 amide bonds. The van der Waals surface area contributed by atoms with Gasteiger partial charge in [0.2, 0.25) is 0 Å². The predicted molar refractivity (Wildman–Crippen MR) is 77.4 cm³/mol. The lowest BCUT2D eigenvalue weighted by molar-refractivity contribution is -0.0589. The fourth-order valence-corrected chi connectivity index (χ4v) is 4.14. The molecular formula is C16H23NO4. The smallest absolute Gasteiger partial charge is 0.121 e. The molecule has 1 aliphatic heterocycles. The Bertz CT molecular complexity index is 534. The Kier molecular flexibility index (Phi) is 3.21. The minimum atomic E-state index is -1.39. The number of aliphatic hydroxyl groups excluding tert-OH is 2. The van der Waals surface area contributed by atoms with Gasteiger partial charge in [-0.3, -0.25) is 4.90 Å². The zero-order valence-corrected chi connectivity index (χ0v) is 12.4. The number of β-amino-alcohol motifs (C(OH)–C–C–N with tert-alkyl or cyclic N) is 1. The molecule has 116 valence electrons. The second kappa shape index (κ2) is 4.51. The standard InChI is InChI=1S/C16H23NO4/c1-14(2)15(20)10-17(8-11-6-4-3-5-7-11)13(12(19)9-18)16(14,15)21/h3-7,12-13,18-21H,8-10H2,1-2H3/t12-,13-,15+,16-/m1/s1. The first kappa shape index (κ1) is 14.9. The zero-order chi connectivity index (χ0) is 15.5. The minimum absolute atomic E-state index is 0.285. The Labute approximate surface area is 124 Å². The summed E-state index contributed by atoms with van der Waals surface area (Å²) in [6.07, 6.45) is -1.09. The van der Waals surface area contributed by atoms with Gasteiger partial charge in [0, 0.05) is 18.5 Å². The molecule has 0 radical (unpaired) electrons. The first-order valence-corrected chi connectivity index (χ1v) is 7.31. The number of nitrogens with zero attached hydrogens (tertiary/aromatic N) is 1. The first-order chi connectivity index (χ1) is 9.79. The number of benzene rings is 1. The van der Waals surface area contributed by atoms with E-state index in [4.69, 9.17) is 0 Å². The van der Waals surface area contributed by atoms with Crippen molar-refractivity contribution in [1.29, 1.82) is 0 Å². The van der Waals surface area contributed by atoms with E-state index in [1.165, 1.54) is 0 Å². The van der Waals surface area contributed by atoms with Gasteiger partial charge in [-0.05, 0) is 5.56 Å². The highest BCUT2D eigenvalue weighted by molar-refractivity contribution is 5.41. The average Bonchev–Trinajstić information content (AvgIpc) is 2.67. The second-order valence-corrected chi connectivity index (χ2v) is 6.84. The van der Waals surface area contributed by atoms with Crippen molar-refractivity contribution in [3.05, 3.63) is 35.9 Å². The van der Waals surface area contributed by atoms with Gasteiger partial charge in [0.25, 0.3) is 0 Å². The van der Waals surface area contributed by atoms with Crippen LogP contribution in [0, 0.1) is 5.41 Å². The van der Waals surface area contributed by atoms with E-state index in [1.807, 2.05) is 35.2 Å². The summed E-state index contributed by atoms with van der Waals surface area (Å²) in [5.41, 5.74) is -2.28. The van der Waals surface area contributed by atoms with Crippen molar-refractivity contribution in [2.75, 3.05) is 13.2 Å². The van der Waals surface area contributed by atoms with Crippen LogP contribution in [0.2, 0.25) is 0 Å². The van der Waals surface area contributed by atoms with Crippen LogP contribution < -0.4 is 0 Å². The molecular weight excluding hydrogens is 270 g/mol. The second-order valence-electron chi connectivity index (χ2n) is 6.84. The summed E-state index contributed by atoms with van der Waals surface area (Å²) in [4.78, 5) is 1.86. The van der Waals surface area contributed by atoms with Crippen LogP contribution in [-0.4, -0.2) is 61.8 Å². The summed E-state index contributed by atoms with van der Waals surface area (Å²) in [7, 11) is 0. The van der Waals surface area contributed by atoms with E-state index < -0.39 is 35.4 Å². The fourth-order valence-electron chi connectivity index (χ4n) is 4.14. The molecule has 0 spiro atoms. The summed E-state index contributed by atoms with van der Waals surface area (Å²) in [5, 5.41) is 41.1. The van der Waals surface area contributed by atoms with Gasteiger partial charge in [-0.15, -0.1) is 0 Å². The Morgan fingerprint density at radius 3 is 2.43 bits per heavy atom. The van der Waals surface area contributed by atoms with Crippen LogP contribution in [0.3, 0.4) is 0 Å². The molecule has 4 atom stereocenters. The van der Waals surface area contributed by atoms with Crippen LogP contribution in [0.25, 0.3) is 0 Å². The number of piperidine rings is 1. The van der Waals surface area contributed by atoms with Crippen molar-refractivity contribution in [2.45, 2.75) is 43.7 Å². The molecule has 4 N–H and O–H groups in total. The van der Waals surface area contributed by atoms with Crippen LogP contribution >= 0.6 is 0 Å². The number of fused-ring (bicyclic) bond motifs is 1. The van der Waals surface area contributed by atoms with Gasteiger partial charge in [-0.1, -0.05) is 44.2 Å². The van der Waals surface area contributed by atoms with E-state index in [-0.39, 0.29) is 6.54 Å². The third-order valence-corrected chi connectivity index (χ3v) is 5.59. The average molecular weight is 293 g/mol. The predicted octanol–water partition coefficient (Wildman–Crippen LogP) is -0.274. The number of aliphatic hydroxyl groups is 4. The van der Waals surface area contributed by atoms with Crippen molar-refractivity contribution in [2.24, 2.45) is 5.41 Å². The Morgan fingerprint density at radius 1 is 1.24 bits per heavy atom. The van der Waals surface area contributed by atoms with Crippen molar-refractivity contribution in [3.63, 3.8) is 0 Å². The summed E-state index contributed by atoms with van der Waals surface area (Å²) in [6, 6.07) is 9.03. The lowest BCUT2D eigenvalue weighted by Gasteiger charge is -2.35. The van der Waals surface area contributed by atoms with Crippen LogP contribution in [-0.2, 0) is 6.54 Å². The molecule has 1 saturated heterocycles. The van der Waals surface area contributed by atoms with Gasteiger partial charge in [-0.25, -0.2) is 0 Å². The maximum Gasteiger partial charge on any atom is 0.121 e. The van der Waals surface area contributed by atoms with Gasteiger partial charge >= 0.3 is 0 Å². The largest absolute Gasteiger partial charge is 0.394 e. The number of likely N-dealkylation sites (tertiary alicyclic amines) is 1. The number of rotatable bonds is 4. The maximum atomic E-state index is 10.9. The van der Waals surface area contributed by atoms with E-state index in [0.717, 1.165) is 5.56 Å². The molecule has 1 heterocycles. The topological polar surface area (TPSA) is 84.2 Å². The molecule has 1 saturated carbocycles. The summed E-state index contributed by atoms with van der Waals surface area (Å²) in [6.45, 7) is 3.95. The van der Waals surface area contributed by atoms with E-state index in [9.17, 15) is 20.4 Å². The van der Waals surface area contributed by atoms with Gasteiger partial charge in [0.15, 0.2) is 0 Å². The van der Waals surface area contributed by atoms with Crippen LogP contribution in [0.1, 0.15) is 19.4 Å². The highest BCUT2D eigenvalue weighted by atomic mass is 16.4. The molecule has 3 rings (SSSR count). The Hall–Kier alpha value is -0.980. The molecule has 1 aromatic rings.